The van der Waals surface area contributed by atoms with Crippen LogP contribution in [0.15, 0.2) is 75.4 Å². The number of thioether (sulfide) groups is 1. The number of nitrogens with two attached hydrogens (primary N) is 1. The third kappa shape index (κ3) is 6.03. The highest BCUT2D eigenvalue weighted by molar-refractivity contribution is 9.10. The van der Waals surface area contributed by atoms with Crippen LogP contribution in [0.2, 0.25) is 0 Å². The van der Waals surface area contributed by atoms with E-state index in [2.05, 4.69) is 36.7 Å². The van der Waals surface area contributed by atoms with E-state index in [0.717, 1.165) is 15.7 Å². The number of hydrazone groups is 1. The first-order valence-electron chi connectivity index (χ1n) is 8.68. The van der Waals surface area contributed by atoms with Gasteiger partial charge in [0.15, 0.2) is 5.78 Å². The largest absolute Gasteiger partial charge is 0.334 e. The van der Waals surface area contributed by atoms with Gasteiger partial charge in [0, 0.05) is 10.0 Å². The molecule has 0 saturated carbocycles. The predicted molar refractivity (Wildman–Crippen MR) is 122 cm³/mol. The Morgan fingerprint density at radius 3 is 2.66 bits per heavy atom. The Bertz CT molecular complexity index is 1030. The highest BCUT2D eigenvalue weighted by Gasteiger charge is 2.13. The van der Waals surface area contributed by atoms with Gasteiger partial charge in [0.05, 0.1) is 11.5 Å². The lowest BCUT2D eigenvalue weighted by atomic mass is 10.2. The van der Waals surface area contributed by atoms with Crippen LogP contribution in [-0.2, 0) is 0 Å². The molecular formula is C20H19BrN6OS. The minimum Gasteiger partial charge on any atom is -0.334 e. The van der Waals surface area contributed by atoms with E-state index in [1.165, 1.54) is 16.4 Å². The summed E-state index contributed by atoms with van der Waals surface area (Å²) in [6.45, 7) is 1.86. The normalized spacial score (nSPS) is 11.7. The Morgan fingerprint density at radius 1 is 1.21 bits per heavy atom. The first-order valence-corrected chi connectivity index (χ1v) is 10.5. The molecule has 0 fully saturated rings. The molecule has 29 heavy (non-hydrogen) atoms. The van der Waals surface area contributed by atoms with Gasteiger partial charge in [-0.05, 0) is 30.7 Å². The van der Waals surface area contributed by atoms with Crippen LogP contribution in [0.4, 0.5) is 5.95 Å². The molecule has 0 atom stereocenters. The average Bonchev–Trinajstić information content (AvgIpc) is 3.09. The van der Waals surface area contributed by atoms with Gasteiger partial charge in [0.25, 0.3) is 5.95 Å². The van der Waals surface area contributed by atoms with Gasteiger partial charge >= 0.3 is 0 Å². The van der Waals surface area contributed by atoms with Gasteiger partial charge in [0.2, 0.25) is 5.16 Å². The number of carbonyl (C=O) groups excluding carboxylic acids is 1. The zero-order valence-electron chi connectivity index (χ0n) is 15.6. The number of nitrogen functional groups attached to an aromatic ring is 1. The van der Waals surface area contributed by atoms with Crippen LogP contribution in [0.25, 0.3) is 6.08 Å². The lowest BCUT2D eigenvalue weighted by molar-refractivity contribution is 0.102. The van der Waals surface area contributed by atoms with Gasteiger partial charge in [-0.3, -0.25) is 4.79 Å². The van der Waals surface area contributed by atoms with E-state index >= 15 is 0 Å². The van der Waals surface area contributed by atoms with Crippen LogP contribution in [0, 0.1) is 0 Å². The molecule has 0 bridgehead atoms. The fraction of sp³-hybridized carbons (Fsp3) is 0.100. The molecule has 0 unspecified atom stereocenters. The SMILES string of the molecule is CC(/C=C/c1ccccc1)=N\Nc1nnc(SCC(=O)c2ccc(Br)cc2)n1N. The maximum Gasteiger partial charge on any atom is 0.264 e. The van der Waals surface area contributed by atoms with Gasteiger partial charge in [-0.15, -0.1) is 10.2 Å². The number of aromatic nitrogens is 3. The molecule has 0 radical (unpaired) electrons. The van der Waals surface area contributed by atoms with Crippen molar-refractivity contribution in [2.24, 2.45) is 5.10 Å². The van der Waals surface area contributed by atoms with Crippen LogP contribution in [0.1, 0.15) is 22.8 Å². The average molecular weight is 471 g/mol. The molecule has 0 spiro atoms. The second kappa shape index (κ2) is 10.0. The molecule has 0 aliphatic carbocycles. The first-order chi connectivity index (χ1) is 14.0. The summed E-state index contributed by atoms with van der Waals surface area (Å²) in [4.78, 5) is 12.3. The monoisotopic (exact) mass is 470 g/mol. The van der Waals surface area contributed by atoms with Crippen molar-refractivity contribution in [2.45, 2.75) is 12.1 Å². The summed E-state index contributed by atoms with van der Waals surface area (Å²) in [5, 5.41) is 12.6. The lowest BCUT2D eigenvalue weighted by Crippen LogP contribution is -2.14. The van der Waals surface area contributed by atoms with E-state index in [0.29, 0.717) is 10.7 Å². The molecule has 9 heteroatoms. The van der Waals surface area contributed by atoms with E-state index in [1.807, 2.05) is 61.5 Å². The minimum atomic E-state index is -0.0140. The van der Waals surface area contributed by atoms with Crippen molar-refractivity contribution in [3.63, 3.8) is 0 Å². The molecule has 0 aliphatic heterocycles. The molecule has 7 nitrogen and oxygen atoms in total. The van der Waals surface area contributed by atoms with E-state index in [1.54, 1.807) is 12.1 Å². The third-order valence-corrected chi connectivity index (χ3v) is 5.28. The fourth-order valence-electron chi connectivity index (χ4n) is 2.26. The van der Waals surface area contributed by atoms with Gasteiger partial charge in [-0.1, -0.05) is 76.2 Å². The Labute approximate surface area is 181 Å². The molecule has 148 valence electrons. The van der Waals surface area contributed by atoms with Gasteiger partial charge in [-0.2, -0.15) is 5.10 Å². The Morgan fingerprint density at radius 2 is 1.93 bits per heavy atom. The number of ketones is 1. The quantitative estimate of drug-likeness (QED) is 0.168. The minimum absolute atomic E-state index is 0.0140. The van der Waals surface area contributed by atoms with E-state index in [9.17, 15) is 4.79 Å². The topological polar surface area (TPSA) is 98.2 Å². The molecular weight excluding hydrogens is 452 g/mol. The number of nitrogens with zero attached hydrogens (tertiary/aromatic N) is 4. The number of carbonyl (C=O) groups is 1. The van der Waals surface area contributed by atoms with E-state index in [4.69, 9.17) is 5.84 Å². The van der Waals surface area contributed by atoms with Crippen molar-refractivity contribution < 1.29 is 4.79 Å². The molecule has 1 aromatic heterocycles. The van der Waals surface area contributed by atoms with Crippen molar-refractivity contribution >= 4 is 51.2 Å². The third-order valence-electron chi connectivity index (χ3n) is 3.81. The molecule has 0 saturated heterocycles. The Kier molecular flexibility index (Phi) is 7.20. The summed E-state index contributed by atoms with van der Waals surface area (Å²) in [5.74, 6) is 6.48. The zero-order chi connectivity index (χ0) is 20.6. The molecule has 0 aliphatic rings. The highest BCUT2D eigenvalue weighted by atomic mass is 79.9. The summed E-state index contributed by atoms with van der Waals surface area (Å²) >= 11 is 4.57. The number of halogens is 1. The summed E-state index contributed by atoms with van der Waals surface area (Å²) in [6.07, 6.45) is 3.84. The molecule has 1 heterocycles. The van der Waals surface area contributed by atoms with E-state index < -0.39 is 0 Å². The standard InChI is InChI=1S/C20H19BrN6OS/c1-14(7-8-15-5-3-2-4-6-15)23-24-19-25-26-20(27(19)22)29-13-18(28)16-9-11-17(21)12-10-16/h2-12H,13,22H2,1H3,(H,24,25)/b8-7+,23-14+. The first kappa shape index (κ1) is 20.8. The Balaban J connectivity index is 1.56. The number of nitrogens with one attached hydrogen (secondary N) is 1. The number of hydrogen-bond acceptors (Lipinski definition) is 7. The van der Waals surface area contributed by atoms with Crippen molar-refractivity contribution in [1.29, 1.82) is 0 Å². The number of rotatable bonds is 8. The molecule has 3 rings (SSSR count). The van der Waals surface area contributed by atoms with Crippen molar-refractivity contribution in [3.8, 4) is 0 Å². The summed E-state index contributed by atoms with van der Waals surface area (Å²) in [5.41, 5.74) is 5.25. The number of anilines is 1. The fourth-order valence-corrected chi connectivity index (χ4v) is 3.27. The van der Waals surface area contributed by atoms with Gasteiger partial charge < -0.3 is 5.84 Å². The van der Waals surface area contributed by atoms with Gasteiger partial charge in [-0.25, -0.2) is 10.1 Å². The highest BCUT2D eigenvalue weighted by Crippen LogP contribution is 2.19. The van der Waals surface area contributed by atoms with Crippen molar-refractivity contribution in [3.05, 3.63) is 76.3 Å². The second-order valence-corrected chi connectivity index (χ2v) is 7.86. The van der Waals surface area contributed by atoms with Crippen LogP contribution in [0.3, 0.4) is 0 Å². The second-order valence-electron chi connectivity index (χ2n) is 6.00. The number of hydrogen-bond donors (Lipinski definition) is 2. The van der Waals surface area contributed by atoms with Gasteiger partial charge in [0.1, 0.15) is 0 Å². The van der Waals surface area contributed by atoms with Crippen LogP contribution in [0.5, 0.6) is 0 Å². The number of benzene rings is 2. The van der Waals surface area contributed by atoms with Crippen LogP contribution in [-0.4, -0.2) is 32.1 Å². The zero-order valence-corrected chi connectivity index (χ0v) is 18.0. The smallest absolute Gasteiger partial charge is 0.264 e. The number of allylic oxidation sites excluding steroid dienone is 1. The van der Waals surface area contributed by atoms with Crippen molar-refractivity contribution in [1.82, 2.24) is 14.9 Å². The predicted octanol–water partition coefficient (Wildman–Crippen LogP) is 4.23. The molecule has 3 aromatic rings. The Hall–Kier alpha value is -2.91. The maximum absolute atomic E-state index is 12.3. The summed E-state index contributed by atoms with van der Waals surface area (Å²) in [6, 6.07) is 17.1. The van der Waals surface area contributed by atoms with Crippen LogP contribution >= 0.6 is 27.7 Å². The summed E-state index contributed by atoms with van der Waals surface area (Å²) < 4.78 is 2.20. The maximum atomic E-state index is 12.3. The molecule has 0 amide bonds. The van der Waals surface area contributed by atoms with Crippen molar-refractivity contribution in [2.75, 3.05) is 17.0 Å². The van der Waals surface area contributed by atoms with E-state index in [-0.39, 0.29) is 17.5 Å². The summed E-state index contributed by atoms with van der Waals surface area (Å²) in [7, 11) is 0. The van der Waals surface area contributed by atoms with Crippen LogP contribution < -0.4 is 11.3 Å². The molecule has 2 aromatic carbocycles. The number of Topliss-reactive ketones (excluding diaryl/α,β-unsaturated/α-hetero) is 1. The molecule has 3 N–H and O–H groups in total. The lowest BCUT2D eigenvalue weighted by Gasteiger charge is -2.03.